The van der Waals surface area contributed by atoms with Gasteiger partial charge in [0.25, 0.3) is 0 Å². The number of benzene rings is 1. The van der Waals surface area contributed by atoms with Crippen LogP contribution in [0.5, 0.6) is 5.75 Å². The molecule has 0 bridgehead atoms. The lowest BCUT2D eigenvalue weighted by Gasteiger charge is -2.20. The van der Waals surface area contributed by atoms with E-state index in [1.807, 2.05) is 6.07 Å². The first-order valence-corrected chi connectivity index (χ1v) is 6.89. The van der Waals surface area contributed by atoms with Crippen molar-refractivity contribution in [2.24, 2.45) is 5.73 Å². The summed E-state index contributed by atoms with van der Waals surface area (Å²) >= 11 is 0. The zero-order valence-electron chi connectivity index (χ0n) is 11.4. The minimum atomic E-state index is -2.81. The third-order valence-electron chi connectivity index (χ3n) is 3.93. The highest BCUT2D eigenvalue weighted by Gasteiger charge is 2.29. The van der Waals surface area contributed by atoms with E-state index >= 15 is 0 Å². The van der Waals surface area contributed by atoms with Crippen LogP contribution in [0.1, 0.15) is 35.2 Å². The van der Waals surface area contributed by atoms with E-state index in [0.29, 0.717) is 0 Å². The third kappa shape index (κ3) is 2.88. The first-order chi connectivity index (χ1) is 10.1. The number of aromatic nitrogens is 1. The molecular formula is C16H16F2N2O. The minimum absolute atomic E-state index is 0.144. The second-order valence-corrected chi connectivity index (χ2v) is 5.17. The molecule has 0 saturated heterocycles. The number of aryl methyl sites for hydroxylation is 1. The molecule has 0 amide bonds. The Labute approximate surface area is 121 Å². The Bertz CT molecular complexity index is 616. The van der Waals surface area contributed by atoms with Gasteiger partial charge in [-0.1, -0.05) is 18.2 Å². The maximum atomic E-state index is 12.1. The van der Waals surface area contributed by atoms with Crippen LogP contribution >= 0.6 is 0 Å². The fraction of sp³-hybridized carbons (Fsp3) is 0.312. The number of pyridine rings is 1. The van der Waals surface area contributed by atoms with E-state index in [2.05, 4.69) is 15.8 Å². The minimum Gasteiger partial charge on any atom is -0.435 e. The fourth-order valence-corrected chi connectivity index (χ4v) is 2.90. The summed E-state index contributed by atoms with van der Waals surface area (Å²) in [4.78, 5) is 4.44. The first-order valence-electron chi connectivity index (χ1n) is 6.89. The van der Waals surface area contributed by atoms with Crippen molar-refractivity contribution in [1.82, 2.24) is 4.98 Å². The average Bonchev–Trinajstić information content (AvgIpc) is 2.90. The van der Waals surface area contributed by atoms with Crippen LogP contribution in [-0.4, -0.2) is 11.6 Å². The molecule has 1 aromatic heterocycles. The molecule has 3 rings (SSSR count). The molecule has 0 fully saturated rings. The highest BCUT2D eigenvalue weighted by Crippen LogP contribution is 2.39. The summed E-state index contributed by atoms with van der Waals surface area (Å²) < 4.78 is 28.6. The predicted molar refractivity (Wildman–Crippen MR) is 75.3 cm³/mol. The van der Waals surface area contributed by atoms with Crippen molar-refractivity contribution in [3.8, 4) is 5.75 Å². The summed E-state index contributed by atoms with van der Waals surface area (Å²) in [5, 5.41) is 0. The Morgan fingerprint density at radius 2 is 1.95 bits per heavy atom. The van der Waals surface area contributed by atoms with Crippen molar-refractivity contribution in [2.75, 3.05) is 0 Å². The number of hydrogen-bond donors (Lipinski definition) is 1. The topological polar surface area (TPSA) is 48.1 Å². The van der Waals surface area contributed by atoms with E-state index in [1.165, 1.54) is 17.7 Å². The Morgan fingerprint density at radius 3 is 2.67 bits per heavy atom. The lowest BCUT2D eigenvalue weighted by atomic mass is 9.91. The van der Waals surface area contributed by atoms with Gasteiger partial charge in [0.05, 0.1) is 0 Å². The molecule has 2 aromatic rings. The maximum Gasteiger partial charge on any atom is 0.387 e. The first kappa shape index (κ1) is 13.9. The van der Waals surface area contributed by atoms with Crippen molar-refractivity contribution >= 4 is 0 Å². The summed E-state index contributed by atoms with van der Waals surface area (Å²) in [6.45, 7) is -2.81. The molecule has 110 valence electrons. The summed E-state index contributed by atoms with van der Waals surface area (Å²) in [7, 11) is 0. The molecule has 2 atom stereocenters. The van der Waals surface area contributed by atoms with E-state index in [1.54, 1.807) is 18.3 Å². The second kappa shape index (κ2) is 5.77. The summed E-state index contributed by atoms with van der Waals surface area (Å²) in [5.41, 5.74) is 9.54. The highest BCUT2D eigenvalue weighted by atomic mass is 19.3. The van der Waals surface area contributed by atoms with Gasteiger partial charge in [-0.15, -0.1) is 0 Å². The molecule has 0 spiro atoms. The van der Waals surface area contributed by atoms with Crippen LogP contribution in [0, 0.1) is 0 Å². The number of nitrogens with zero attached hydrogens (tertiary/aromatic N) is 1. The van der Waals surface area contributed by atoms with Gasteiger partial charge >= 0.3 is 6.61 Å². The van der Waals surface area contributed by atoms with Gasteiger partial charge in [0.1, 0.15) is 5.75 Å². The van der Waals surface area contributed by atoms with E-state index < -0.39 is 6.61 Å². The number of rotatable bonds is 4. The van der Waals surface area contributed by atoms with Crippen molar-refractivity contribution < 1.29 is 13.5 Å². The third-order valence-corrected chi connectivity index (χ3v) is 3.93. The van der Waals surface area contributed by atoms with Gasteiger partial charge < -0.3 is 10.5 Å². The number of ether oxygens (including phenoxy) is 1. The largest absolute Gasteiger partial charge is 0.435 e. The Hall–Kier alpha value is -2.01. The average molecular weight is 290 g/mol. The van der Waals surface area contributed by atoms with E-state index in [-0.39, 0.29) is 17.7 Å². The van der Waals surface area contributed by atoms with Gasteiger partial charge in [-0.2, -0.15) is 8.78 Å². The quantitative estimate of drug-likeness (QED) is 0.938. The lowest BCUT2D eigenvalue weighted by molar-refractivity contribution is -0.0498. The summed E-state index contributed by atoms with van der Waals surface area (Å²) in [6.07, 6.45) is 3.72. The molecule has 0 radical (unpaired) electrons. The second-order valence-electron chi connectivity index (χ2n) is 5.17. The Morgan fingerprint density at radius 1 is 1.19 bits per heavy atom. The van der Waals surface area contributed by atoms with Crippen LogP contribution in [0.2, 0.25) is 0 Å². The number of halogens is 2. The molecule has 5 heteroatoms. The molecule has 0 saturated carbocycles. The molecule has 3 nitrogen and oxygen atoms in total. The number of alkyl halides is 2. The van der Waals surface area contributed by atoms with Gasteiger partial charge in [0, 0.05) is 23.9 Å². The van der Waals surface area contributed by atoms with Gasteiger partial charge in [-0.3, -0.25) is 4.98 Å². The molecule has 1 aromatic carbocycles. The van der Waals surface area contributed by atoms with Crippen LogP contribution in [-0.2, 0) is 6.42 Å². The van der Waals surface area contributed by atoms with Crippen molar-refractivity contribution in [3.05, 3.63) is 59.4 Å². The van der Waals surface area contributed by atoms with Gasteiger partial charge in [0.15, 0.2) is 0 Å². The molecule has 1 heterocycles. The zero-order chi connectivity index (χ0) is 14.8. The van der Waals surface area contributed by atoms with Crippen LogP contribution in [0.3, 0.4) is 0 Å². The monoisotopic (exact) mass is 290 g/mol. The Balaban J connectivity index is 1.78. The molecule has 2 unspecified atom stereocenters. The lowest BCUT2D eigenvalue weighted by Crippen LogP contribution is -2.18. The van der Waals surface area contributed by atoms with Crippen LogP contribution in [0.25, 0.3) is 0 Å². The van der Waals surface area contributed by atoms with Crippen molar-refractivity contribution in [1.29, 1.82) is 0 Å². The molecule has 21 heavy (non-hydrogen) atoms. The molecule has 1 aliphatic carbocycles. The van der Waals surface area contributed by atoms with Gasteiger partial charge in [-0.25, -0.2) is 0 Å². The molecular weight excluding hydrogens is 274 g/mol. The van der Waals surface area contributed by atoms with Crippen LogP contribution < -0.4 is 10.5 Å². The van der Waals surface area contributed by atoms with Crippen molar-refractivity contribution in [2.45, 2.75) is 31.4 Å². The normalized spacial score (nSPS) is 18.6. The maximum absolute atomic E-state index is 12.1. The highest BCUT2D eigenvalue weighted by molar-refractivity contribution is 5.35. The molecule has 2 N–H and O–H groups in total. The SMILES string of the molecule is NC(c1ccc(OC(F)F)cc1)C1CCc2cccnc21. The number of hydrogen-bond acceptors (Lipinski definition) is 3. The fourth-order valence-electron chi connectivity index (χ4n) is 2.90. The molecule has 1 aliphatic rings. The zero-order valence-corrected chi connectivity index (χ0v) is 11.4. The van der Waals surface area contributed by atoms with Gasteiger partial charge in [0.2, 0.25) is 0 Å². The molecule has 0 aliphatic heterocycles. The summed E-state index contributed by atoms with van der Waals surface area (Å²) in [5.74, 6) is 0.314. The number of fused-ring (bicyclic) bond motifs is 1. The Kier molecular flexibility index (Phi) is 3.84. The number of nitrogens with two attached hydrogens (primary N) is 1. The van der Waals surface area contributed by atoms with Crippen molar-refractivity contribution in [3.63, 3.8) is 0 Å². The standard InChI is InChI=1S/C16H16F2N2O/c17-16(18)21-12-6-3-10(4-7-12)14(19)13-8-5-11-2-1-9-20-15(11)13/h1-4,6-7,9,13-14,16H,5,8,19H2. The predicted octanol–water partition coefficient (Wildman–Crippen LogP) is 3.41. The van der Waals surface area contributed by atoms with Gasteiger partial charge in [-0.05, 0) is 42.2 Å². The summed E-state index contributed by atoms with van der Waals surface area (Å²) in [6, 6.07) is 10.3. The van der Waals surface area contributed by atoms with E-state index in [4.69, 9.17) is 5.73 Å². The van der Waals surface area contributed by atoms with E-state index in [9.17, 15) is 8.78 Å². The smallest absolute Gasteiger partial charge is 0.387 e. The van der Waals surface area contributed by atoms with E-state index in [0.717, 1.165) is 24.1 Å². The van der Waals surface area contributed by atoms with Crippen LogP contribution in [0.4, 0.5) is 8.78 Å². The van der Waals surface area contributed by atoms with Crippen LogP contribution in [0.15, 0.2) is 42.6 Å².